The van der Waals surface area contributed by atoms with Gasteiger partial charge in [0.15, 0.2) is 5.78 Å². The topological polar surface area (TPSA) is 41.6 Å². The molecular formula is C24H38N2O2. The highest BCUT2D eigenvalue weighted by Gasteiger charge is 2.40. The smallest absolute Gasteiger partial charge is 0.165 e. The van der Waals surface area contributed by atoms with E-state index in [1.807, 2.05) is 6.07 Å². The van der Waals surface area contributed by atoms with Gasteiger partial charge >= 0.3 is 0 Å². The van der Waals surface area contributed by atoms with Crippen LogP contribution >= 0.6 is 0 Å². The van der Waals surface area contributed by atoms with Crippen LogP contribution in [-0.2, 0) is 4.74 Å². The highest BCUT2D eigenvalue weighted by Crippen LogP contribution is 2.53. The molecule has 1 saturated heterocycles. The van der Waals surface area contributed by atoms with E-state index in [1.54, 1.807) is 7.11 Å². The Morgan fingerprint density at radius 2 is 1.79 bits per heavy atom. The molecule has 0 radical (unpaired) electrons. The third-order valence-corrected chi connectivity index (χ3v) is 6.34. The van der Waals surface area contributed by atoms with E-state index in [4.69, 9.17) is 4.74 Å². The molecule has 2 aliphatic rings. The van der Waals surface area contributed by atoms with Crippen molar-refractivity contribution in [2.24, 2.45) is 10.8 Å². The molecule has 4 heteroatoms. The number of methoxy groups -OCH3 is 1. The van der Waals surface area contributed by atoms with Crippen molar-refractivity contribution in [3.63, 3.8) is 0 Å². The Kier molecular flexibility index (Phi) is 6.51. The third-order valence-electron chi connectivity index (χ3n) is 6.34. The molecule has 0 atom stereocenters. The fraction of sp³-hybridized carbons (Fsp3) is 0.708. The number of rotatable bonds is 6. The van der Waals surface area contributed by atoms with Gasteiger partial charge in [-0.05, 0) is 59.8 Å². The number of benzene rings is 1. The van der Waals surface area contributed by atoms with Crippen LogP contribution in [0.3, 0.4) is 0 Å². The summed E-state index contributed by atoms with van der Waals surface area (Å²) in [6.07, 6.45) is 4.08. The van der Waals surface area contributed by atoms with Crippen molar-refractivity contribution in [3.05, 3.63) is 29.3 Å². The van der Waals surface area contributed by atoms with E-state index in [1.165, 1.54) is 30.5 Å². The fourth-order valence-corrected chi connectivity index (χ4v) is 5.65. The molecule has 0 unspecified atom stereocenters. The highest BCUT2D eigenvalue weighted by atomic mass is 16.5. The highest BCUT2D eigenvalue weighted by molar-refractivity contribution is 5.96. The van der Waals surface area contributed by atoms with Gasteiger partial charge in [0.2, 0.25) is 0 Å². The minimum absolute atomic E-state index is 0.185. The largest absolute Gasteiger partial charge is 0.384 e. The second-order valence-corrected chi connectivity index (χ2v) is 10.3. The molecule has 1 aromatic carbocycles. The van der Waals surface area contributed by atoms with Crippen molar-refractivity contribution in [2.75, 3.05) is 44.8 Å². The summed E-state index contributed by atoms with van der Waals surface area (Å²) in [5.41, 5.74) is 4.20. The molecule has 1 N–H and O–H groups in total. The van der Waals surface area contributed by atoms with E-state index >= 15 is 0 Å². The lowest BCUT2D eigenvalue weighted by molar-refractivity contribution is 0.0931. The number of carbonyl (C=O) groups excluding carboxylic acids is 1. The van der Waals surface area contributed by atoms with Crippen molar-refractivity contribution in [3.8, 4) is 0 Å². The third kappa shape index (κ3) is 5.15. The number of anilines is 1. The first-order valence-electron chi connectivity index (χ1n) is 10.8. The summed E-state index contributed by atoms with van der Waals surface area (Å²) in [6, 6.07) is 6.44. The van der Waals surface area contributed by atoms with Crippen LogP contribution in [-0.4, -0.2) is 45.7 Å². The number of nitrogens with one attached hydrogen (secondary N) is 1. The normalized spacial score (nSPS) is 22.2. The molecule has 28 heavy (non-hydrogen) atoms. The zero-order valence-corrected chi connectivity index (χ0v) is 18.4. The quantitative estimate of drug-likeness (QED) is 0.724. The molecule has 0 bridgehead atoms. The first-order chi connectivity index (χ1) is 13.2. The Morgan fingerprint density at radius 1 is 1.14 bits per heavy atom. The molecule has 1 aliphatic heterocycles. The summed E-state index contributed by atoms with van der Waals surface area (Å²) >= 11 is 0. The van der Waals surface area contributed by atoms with Crippen LogP contribution in [0.2, 0.25) is 0 Å². The second kappa shape index (κ2) is 8.54. The maximum Gasteiger partial charge on any atom is 0.165 e. The van der Waals surface area contributed by atoms with E-state index in [9.17, 15) is 4.79 Å². The van der Waals surface area contributed by atoms with Gasteiger partial charge in [-0.3, -0.25) is 4.79 Å². The second-order valence-electron chi connectivity index (χ2n) is 10.3. The van der Waals surface area contributed by atoms with Crippen LogP contribution in [0.4, 0.5) is 5.69 Å². The maximum absolute atomic E-state index is 12.7. The molecule has 156 valence electrons. The molecule has 1 aromatic rings. The molecule has 2 fully saturated rings. The first-order valence-corrected chi connectivity index (χ1v) is 10.8. The average molecular weight is 387 g/mol. The average Bonchev–Trinajstić information content (AvgIpc) is 2.64. The summed E-state index contributed by atoms with van der Waals surface area (Å²) in [6.45, 7) is 14.2. The molecule has 1 saturated carbocycles. The lowest BCUT2D eigenvalue weighted by Gasteiger charge is -2.46. The standard InChI is InChI=1S/C24H38N2O2/c1-23(2)15-19(16-24(3,4)17-23)20-14-18(22(27)8-13-28-5)6-7-21(20)26-11-9-25-10-12-26/h6-7,14,19,25H,8-13,15-17H2,1-5H3. The lowest BCUT2D eigenvalue weighted by Crippen LogP contribution is -2.44. The number of piperazine rings is 1. The first kappa shape index (κ1) is 21.3. The summed E-state index contributed by atoms with van der Waals surface area (Å²) in [7, 11) is 1.65. The van der Waals surface area contributed by atoms with E-state index in [-0.39, 0.29) is 5.78 Å². The van der Waals surface area contributed by atoms with Gasteiger partial charge in [-0.15, -0.1) is 0 Å². The monoisotopic (exact) mass is 386 g/mol. The van der Waals surface area contributed by atoms with Gasteiger partial charge in [-0.25, -0.2) is 0 Å². The molecule has 4 nitrogen and oxygen atoms in total. The Labute approximate surface area is 171 Å². The van der Waals surface area contributed by atoms with Crippen LogP contribution in [0, 0.1) is 10.8 Å². The predicted molar refractivity (Wildman–Crippen MR) is 117 cm³/mol. The minimum atomic E-state index is 0.185. The molecule has 3 rings (SSSR count). The van der Waals surface area contributed by atoms with Crippen LogP contribution in [0.15, 0.2) is 18.2 Å². The van der Waals surface area contributed by atoms with Crippen LogP contribution in [0.25, 0.3) is 0 Å². The molecule has 1 aliphatic carbocycles. The Bertz CT molecular complexity index is 674. The Balaban J connectivity index is 1.97. The SMILES string of the molecule is COCCC(=O)c1ccc(N2CCNCC2)c(C2CC(C)(C)CC(C)(C)C2)c1. The van der Waals surface area contributed by atoms with E-state index < -0.39 is 0 Å². The molecule has 0 aromatic heterocycles. The van der Waals surface area contributed by atoms with Gasteiger partial charge in [-0.2, -0.15) is 0 Å². The van der Waals surface area contributed by atoms with Crippen molar-refractivity contribution < 1.29 is 9.53 Å². The van der Waals surface area contributed by atoms with Crippen molar-refractivity contribution in [2.45, 2.75) is 59.3 Å². The minimum Gasteiger partial charge on any atom is -0.384 e. The van der Waals surface area contributed by atoms with Crippen LogP contribution in [0.1, 0.15) is 75.2 Å². The molecule has 0 amide bonds. The van der Waals surface area contributed by atoms with Gasteiger partial charge in [0.1, 0.15) is 0 Å². The molecule has 1 heterocycles. The maximum atomic E-state index is 12.7. The van der Waals surface area contributed by atoms with Gasteiger partial charge < -0.3 is 15.0 Å². The van der Waals surface area contributed by atoms with Crippen molar-refractivity contribution >= 4 is 11.5 Å². The number of hydrogen-bond donors (Lipinski definition) is 1. The van der Waals surface area contributed by atoms with Gasteiger partial charge in [0, 0.05) is 51.0 Å². The summed E-state index contributed by atoms with van der Waals surface area (Å²) < 4.78 is 5.12. The molecule has 0 spiro atoms. The number of hydrogen-bond acceptors (Lipinski definition) is 4. The van der Waals surface area contributed by atoms with E-state index in [2.05, 4.69) is 50.0 Å². The zero-order valence-electron chi connectivity index (χ0n) is 18.4. The number of Topliss-reactive ketones (excluding diaryl/α,β-unsaturated/α-hetero) is 1. The summed E-state index contributed by atoms with van der Waals surface area (Å²) in [5, 5.41) is 3.45. The summed E-state index contributed by atoms with van der Waals surface area (Å²) in [4.78, 5) is 15.2. The van der Waals surface area contributed by atoms with Gasteiger partial charge in [0.25, 0.3) is 0 Å². The fourth-order valence-electron chi connectivity index (χ4n) is 5.65. The van der Waals surface area contributed by atoms with Crippen LogP contribution in [0.5, 0.6) is 0 Å². The number of ether oxygens (including phenoxy) is 1. The van der Waals surface area contributed by atoms with Gasteiger partial charge in [-0.1, -0.05) is 27.7 Å². The predicted octanol–water partition coefficient (Wildman–Crippen LogP) is 4.64. The number of ketones is 1. The Hall–Kier alpha value is -1.39. The van der Waals surface area contributed by atoms with Gasteiger partial charge in [0.05, 0.1) is 6.61 Å². The Morgan fingerprint density at radius 3 is 2.39 bits per heavy atom. The number of carbonyl (C=O) groups is 1. The lowest BCUT2D eigenvalue weighted by atomic mass is 9.60. The van der Waals surface area contributed by atoms with E-state index in [0.717, 1.165) is 31.7 Å². The van der Waals surface area contributed by atoms with Crippen LogP contribution < -0.4 is 10.2 Å². The zero-order chi connectivity index (χ0) is 20.4. The van der Waals surface area contributed by atoms with Crippen molar-refractivity contribution in [1.29, 1.82) is 0 Å². The number of nitrogens with zero attached hydrogens (tertiary/aromatic N) is 1. The van der Waals surface area contributed by atoms with Crippen molar-refractivity contribution in [1.82, 2.24) is 5.32 Å². The van der Waals surface area contributed by atoms with E-state index in [0.29, 0.717) is 29.8 Å². The molecular weight excluding hydrogens is 348 g/mol. The summed E-state index contributed by atoms with van der Waals surface area (Å²) in [5.74, 6) is 0.683.